The zero-order valence-corrected chi connectivity index (χ0v) is 14.8. The molecular formula is C18H19FN2O3S. The highest BCUT2D eigenvalue weighted by Crippen LogP contribution is 2.25. The zero-order chi connectivity index (χ0) is 18.2. The Kier molecular flexibility index (Phi) is 4.62. The second-order valence-corrected chi connectivity index (χ2v) is 8.21. The molecule has 0 aromatic heterocycles. The lowest BCUT2D eigenvalue weighted by molar-refractivity contribution is 0.102. The van der Waals surface area contributed by atoms with Crippen LogP contribution in [0.5, 0.6) is 0 Å². The maximum absolute atomic E-state index is 14.7. The van der Waals surface area contributed by atoms with Crippen molar-refractivity contribution in [2.45, 2.75) is 24.8 Å². The third kappa shape index (κ3) is 3.57. The number of aryl methyl sites for hydroxylation is 1. The van der Waals surface area contributed by atoms with Crippen molar-refractivity contribution in [1.82, 2.24) is 5.32 Å². The van der Waals surface area contributed by atoms with E-state index in [2.05, 4.69) is 10.6 Å². The Morgan fingerprint density at radius 2 is 2.00 bits per heavy atom. The third-order valence-electron chi connectivity index (χ3n) is 4.34. The zero-order valence-electron chi connectivity index (χ0n) is 14.0. The molecule has 1 aliphatic heterocycles. The molecule has 0 aliphatic carbocycles. The minimum atomic E-state index is -3.43. The number of benzene rings is 2. The summed E-state index contributed by atoms with van der Waals surface area (Å²) in [7, 11) is -3.43. The molecule has 0 fully saturated rings. The molecule has 0 saturated heterocycles. The quantitative estimate of drug-likeness (QED) is 0.879. The van der Waals surface area contributed by atoms with Crippen molar-refractivity contribution >= 4 is 21.4 Å². The van der Waals surface area contributed by atoms with Gasteiger partial charge in [-0.25, -0.2) is 12.8 Å². The lowest BCUT2D eigenvalue weighted by Gasteiger charge is -2.19. The molecular weight excluding hydrogens is 343 g/mol. The van der Waals surface area contributed by atoms with Gasteiger partial charge >= 0.3 is 0 Å². The Labute approximate surface area is 146 Å². The van der Waals surface area contributed by atoms with E-state index in [0.29, 0.717) is 30.6 Å². The predicted octanol–water partition coefficient (Wildman–Crippen LogP) is 2.44. The highest BCUT2D eigenvalue weighted by molar-refractivity contribution is 7.90. The topological polar surface area (TPSA) is 75.3 Å². The van der Waals surface area contributed by atoms with Gasteiger partial charge in [0.2, 0.25) is 0 Å². The van der Waals surface area contributed by atoms with E-state index in [1.807, 2.05) is 0 Å². The fourth-order valence-electron chi connectivity index (χ4n) is 2.90. The van der Waals surface area contributed by atoms with E-state index >= 15 is 0 Å². The molecule has 25 heavy (non-hydrogen) atoms. The fraction of sp³-hybridized carbons (Fsp3) is 0.278. The molecule has 1 amide bonds. The van der Waals surface area contributed by atoms with Crippen molar-refractivity contribution in [3.8, 4) is 0 Å². The number of hydrogen-bond donors (Lipinski definition) is 2. The van der Waals surface area contributed by atoms with E-state index in [-0.39, 0.29) is 16.1 Å². The molecule has 132 valence electrons. The van der Waals surface area contributed by atoms with Crippen LogP contribution in [-0.4, -0.2) is 27.1 Å². The van der Waals surface area contributed by atoms with E-state index in [0.717, 1.165) is 11.8 Å². The smallest absolute Gasteiger partial charge is 0.256 e. The van der Waals surface area contributed by atoms with E-state index in [4.69, 9.17) is 0 Å². The maximum atomic E-state index is 14.7. The van der Waals surface area contributed by atoms with Crippen molar-refractivity contribution < 1.29 is 17.6 Å². The fourth-order valence-corrected chi connectivity index (χ4v) is 3.54. The first-order chi connectivity index (χ1) is 11.8. The minimum Gasteiger partial charge on any atom is -0.319 e. The predicted molar refractivity (Wildman–Crippen MR) is 94.1 cm³/mol. The van der Waals surface area contributed by atoms with Gasteiger partial charge in [0.15, 0.2) is 9.84 Å². The Hall–Kier alpha value is -2.25. The first-order valence-corrected chi connectivity index (χ1v) is 9.79. The van der Waals surface area contributed by atoms with Crippen LogP contribution in [0.15, 0.2) is 35.2 Å². The second kappa shape index (κ2) is 6.57. The van der Waals surface area contributed by atoms with E-state index in [1.165, 1.54) is 18.2 Å². The van der Waals surface area contributed by atoms with Gasteiger partial charge in [-0.05, 0) is 54.8 Å². The molecule has 0 atom stereocenters. The summed E-state index contributed by atoms with van der Waals surface area (Å²) in [6.45, 7) is 3.00. The number of carbonyl (C=O) groups excluding carboxylic acids is 1. The molecule has 0 saturated carbocycles. The normalized spacial score (nSPS) is 14.0. The van der Waals surface area contributed by atoms with E-state index < -0.39 is 21.6 Å². The summed E-state index contributed by atoms with van der Waals surface area (Å²) >= 11 is 0. The molecule has 7 heteroatoms. The van der Waals surface area contributed by atoms with Crippen LogP contribution in [-0.2, 0) is 22.8 Å². The van der Waals surface area contributed by atoms with Gasteiger partial charge in [-0.1, -0.05) is 12.1 Å². The van der Waals surface area contributed by atoms with Crippen molar-refractivity contribution in [3.05, 3.63) is 58.4 Å². The number of nitrogens with one attached hydrogen (secondary N) is 2. The molecule has 2 N–H and O–H groups in total. The third-order valence-corrected chi connectivity index (χ3v) is 5.45. The first kappa shape index (κ1) is 17.6. The van der Waals surface area contributed by atoms with Gasteiger partial charge in [-0.2, -0.15) is 0 Å². The number of rotatable bonds is 3. The summed E-state index contributed by atoms with van der Waals surface area (Å²) in [5, 5.41) is 5.74. The van der Waals surface area contributed by atoms with E-state index in [9.17, 15) is 17.6 Å². The summed E-state index contributed by atoms with van der Waals surface area (Å²) in [6.07, 6.45) is 1.64. The largest absolute Gasteiger partial charge is 0.319 e. The molecule has 0 unspecified atom stereocenters. The average Bonchev–Trinajstić information content (AvgIpc) is 2.57. The summed E-state index contributed by atoms with van der Waals surface area (Å²) in [5.74, 6) is -0.958. The molecule has 1 aliphatic rings. The lowest BCUT2D eigenvalue weighted by Crippen LogP contribution is -2.25. The number of sulfone groups is 1. The Morgan fingerprint density at radius 3 is 2.72 bits per heavy atom. The van der Waals surface area contributed by atoms with Gasteiger partial charge in [0.25, 0.3) is 5.91 Å². The SMILES string of the molecule is Cc1ccc(S(C)(=O)=O)cc1C(=O)Nc1ccc2c(c1F)CCNC2. The molecule has 1 heterocycles. The number of anilines is 1. The van der Waals surface area contributed by atoms with Crippen LogP contribution in [0.2, 0.25) is 0 Å². The molecule has 0 spiro atoms. The Balaban J connectivity index is 1.93. The summed E-state index contributed by atoms with van der Waals surface area (Å²) in [5.41, 5.74) is 2.43. The number of carbonyl (C=O) groups is 1. The van der Waals surface area contributed by atoms with E-state index in [1.54, 1.807) is 19.1 Å². The van der Waals surface area contributed by atoms with Crippen LogP contribution < -0.4 is 10.6 Å². The van der Waals surface area contributed by atoms with Gasteiger partial charge in [0, 0.05) is 18.4 Å². The van der Waals surface area contributed by atoms with Gasteiger partial charge in [-0.3, -0.25) is 4.79 Å². The van der Waals surface area contributed by atoms with Crippen LogP contribution in [0.4, 0.5) is 10.1 Å². The van der Waals surface area contributed by atoms with Crippen LogP contribution in [0, 0.1) is 12.7 Å². The lowest BCUT2D eigenvalue weighted by atomic mass is 9.99. The van der Waals surface area contributed by atoms with Gasteiger partial charge < -0.3 is 10.6 Å². The van der Waals surface area contributed by atoms with Crippen LogP contribution >= 0.6 is 0 Å². The summed E-state index contributed by atoms with van der Waals surface area (Å²) < 4.78 is 38.0. The molecule has 0 bridgehead atoms. The van der Waals surface area contributed by atoms with Crippen LogP contribution in [0.25, 0.3) is 0 Å². The highest BCUT2D eigenvalue weighted by atomic mass is 32.2. The van der Waals surface area contributed by atoms with Gasteiger partial charge in [0.1, 0.15) is 5.82 Å². The molecule has 2 aromatic rings. The van der Waals surface area contributed by atoms with Crippen molar-refractivity contribution in [2.24, 2.45) is 0 Å². The molecule has 0 radical (unpaired) electrons. The maximum Gasteiger partial charge on any atom is 0.256 e. The van der Waals surface area contributed by atoms with Crippen molar-refractivity contribution in [3.63, 3.8) is 0 Å². The van der Waals surface area contributed by atoms with Crippen molar-refractivity contribution in [1.29, 1.82) is 0 Å². The molecule has 2 aromatic carbocycles. The minimum absolute atomic E-state index is 0.0558. The van der Waals surface area contributed by atoms with Crippen LogP contribution in [0.3, 0.4) is 0 Å². The number of fused-ring (bicyclic) bond motifs is 1. The molecule has 3 rings (SSSR count). The second-order valence-electron chi connectivity index (χ2n) is 6.19. The number of halogens is 1. The first-order valence-electron chi connectivity index (χ1n) is 7.90. The van der Waals surface area contributed by atoms with Gasteiger partial charge in [-0.15, -0.1) is 0 Å². The standard InChI is InChI=1S/C18H19FN2O3S/c1-11-3-5-13(25(2,23)24)9-15(11)18(22)21-16-6-4-12-10-20-8-7-14(12)17(16)19/h3-6,9,20H,7-8,10H2,1-2H3,(H,21,22). The monoisotopic (exact) mass is 362 g/mol. The van der Waals surface area contributed by atoms with Gasteiger partial charge in [0.05, 0.1) is 10.6 Å². The average molecular weight is 362 g/mol. The Bertz CT molecular complexity index is 955. The summed E-state index contributed by atoms with van der Waals surface area (Å²) in [6, 6.07) is 7.67. The number of amides is 1. The summed E-state index contributed by atoms with van der Waals surface area (Å²) in [4.78, 5) is 12.6. The Morgan fingerprint density at radius 1 is 1.24 bits per heavy atom. The number of hydrogen-bond acceptors (Lipinski definition) is 4. The highest BCUT2D eigenvalue weighted by Gasteiger charge is 2.19. The van der Waals surface area contributed by atoms with Crippen LogP contribution in [0.1, 0.15) is 27.0 Å². The molecule has 5 nitrogen and oxygen atoms in total. The van der Waals surface area contributed by atoms with Crippen molar-refractivity contribution in [2.75, 3.05) is 18.1 Å².